The maximum atomic E-state index is 13.1. The number of morpholine rings is 1. The number of hydrogen-bond acceptors (Lipinski definition) is 4. The van der Waals surface area contributed by atoms with Gasteiger partial charge in [-0.2, -0.15) is 0 Å². The zero-order valence-electron chi connectivity index (χ0n) is 14.5. The number of nitrogens with one attached hydrogen (secondary N) is 1. The lowest BCUT2D eigenvalue weighted by atomic mass is 9.90. The maximum absolute atomic E-state index is 13.1. The number of nitrogens with zero attached hydrogens (tertiary/aromatic N) is 3. The molecule has 4 heterocycles. The van der Waals surface area contributed by atoms with E-state index in [2.05, 4.69) is 10.3 Å². The Labute approximate surface area is 146 Å². The molecule has 0 radical (unpaired) electrons. The summed E-state index contributed by atoms with van der Waals surface area (Å²) in [5.74, 6) is -0.0654. The fraction of sp³-hybridized carbons (Fsp3) is 0.500. The number of rotatable bonds is 1. The smallest absolute Gasteiger partial charge is 0.272 e. The third kappa shape index (κ3) is 2.78. The molecule has 2 aromatic rings. The quantitative estimate of drug-likeness (QED) is 0.841. The molecule has 7 heteroatoms. The summed E-state index contributed by atoms with van der Waals surface area (Å²) in [6, 6.07) is 3.96. The van der Waals surface area contributed by atoms with E-state index in [4.69, 9.17) is 4.74 Å². The van der Waals surface area contributed by atoms with Crippen LogP contribution in [0.2, 0.25) is 0 Å². The van der Waals surface area contributed by atoms with Crippen molar-refractivity contribution in [3.8, 4) is 0 Å². The second-order valence-electron chi connectivity index (χ2n) is 7.02. The van der Waals surface area contributed by atoms with Crippen molar-refractivity contribution in [3.63, 3.8) is 0 Å². The predicted molar refractivity (Wildman–Crippen MR) is 91.5 cm³/mol. The first kappa shape index (κ1) is 16.1. The van der Waals surface area contributed by atoms with Crippen molar-refractivity contribution in [3.05, 3.63) is 35.3 Å². The highest BCUT2D eigenvalue weighted by Crippen LogP contribution is 2.29. The summed E-state index contributed by atoms with van der Waals surface area (Å²) >= 11 is 0. The molecule has 7 nitrogen and oxygen atoms in total. The van der Waals surface area contributed by atoms with E-state index in [1.54, 1.807) is 0 Å². The predicted octanol–water partition coefficient (Wildman–Crippen LogP) is 1.07. The third-order valence-corrected chi connectivity index (χ3v) is 5.24. The molecule has 2 saturated heterocycles. The van der Waals surface area contributed by atoms with Crippen molar-refractivity contribution >= 4 is 17.5 Å². The average molecular weight is 342 g/mol. The molecule has 2 aliphatic heterocycles. The maximum Gasteiger partial charge on any atom is 0.272 e. The van der Waals surface area contributed by atoms with E-state index in [0.717, 1.165) is 29.7 Å². The lowest BCUT2D eigenvalue weighted by Crippen LogP contribution is -2.58. The molecule has 2 aromatic heterocycles. The first-order chi connectivity index (χ1) is 12.0. The Kier molecular flexibility index (Phi) is 3.76. The van der Waals surface area contributed by atoms with Crippen molar-refractivity contribution in [2.24, 2.45) is 0 Å². The summed E-state index contributed by atoms with van der Waals surface area (Å²) in [6.45, 7) is 5.77. The van der Waals surface area contributed by atoms with Crippen LogP contribution in [-0.2, 0) is 9.53 Å². The minimum atomic E-state index is -0.323. The van der Waals surface area contributed by atoms with Crippen LogP contribution in [-0.4, -0.2) is 57.9 Å². The van der Waals surface area contributed by atoms with E-state index >= 15 is 0 Å². The number of amides is 2. The van der Waals surface area contributed by atoms with E-state index in [-0.39, 0.29) is 24.0 Å². The van der Waals surface area contributed by atoms with Gasteiger partial charge in [0.25, 0.3) is 5.91 Å². The van der Waals surface area contributed by atoms with Gasteiger partial charge in [-0.05, 0) is 44.4 Å². The van der Waals surface area contributed by atoms with Gasteiger partial charge in [0.05, 0.1) is 11.3 Å². The van der Waals surface area contributed by atoms with Crippen molar-refractivity contribution < 1.29 is 14.3 Å². The molecule has 0 atom stereocenters. The summed E-state index contributed by atoms with van der Waals surface area (Å²) in [7, 11) is 0. The number of pyridine rings is 1. The third-order valence-electron chi connectivity index (χ3n) is 5.24. The summed E-state index contributed by atoms with van der Waals surface area (Å²) < 4.78 is 7.64. The number of carbonyl (C=O) groups is 2. The van der Waals surface area contributed by atoms with Gasteiger partial charge in [0.2, 0.25) is 5.91 Å². The molecule has 1 spiro atoms. The molecule has 132 valence electrons. The molecule has 1 N–H and O–H groups in total. The molecule has 0 aliphatic carbocycles. The average Bonchev–Trinajstić information content (AvgIpc) is 2.92. The molecule has 0 unspecified atom stereocenters. The van der Waals surface area contributed by atoms with Crippen molar-refractivity contribution in [1.82, 2.24) is 19.6 Å². The Morgan fingerprint density at radius 1 is 1.32 bits per heavy atom. The highest BCUT2D eigenvalue weighted by molar-refractivity contribution is 5.94. The number of fused-ring (bicyclic) bond motifs is 1. The SMILES string of the molecule is Cc1ccn2c(C(=O)N3CCC4(CC3)CNC(=O)CO4)c(C)nc2c1. The van der Waals surface area contributed by atoms with E-state index in [1.165, 1.54) is 0 Å². The summed E-state index contributed by atoms with van der Waals surface area (Å²) in [4.78, 5) is 30.7. The van der Waals surface area contributed by atoms with Gasteiger partial charge in [-0.1, -0.05) is 0 Å². The number of aromatic nitrogens is 2. The van der Waals surface area contributed by atoms with Crippen LogP contribution in [0.5, 0.6) is 0 Å². The lowest BCUT2D eigenvalue weighted by Gasteiger charge is -2.43. The molecule has 2 fully saturated rings. The zero-order chi connectivity index (χ0) is 17.6. The highest BCUT2D eigenvalue weighted by atomic mass is 16.5. The van der Waals surface area contributed by atoms with Crippen LogP contribution in [0, 0.1) is 13.8 Å². The van der Waals surface area contributed by atoms with Gasteiger partial charge >= 0.3 is 0 Å². The number of likely N-dealkylation sites (tertiary alicyclic amines) is 1. The Morgan fingerprint density at radius 2 is 2.08 bits per heavy atom. The molecule has 0 saturated carbocycles. The normalized spacial score (nSPS) is 20.1. The van der Waals surface area contributed by atoms with Gasteiger partial charge in [-0.15, -0.1) is 0 Å². The molecule has 2 amide bonds. The highest BCUT2D eigenvalue weighted by Gasteiger charge is 2.40. The minimum absolute atomic E-state index is 0.00329. The van der Waals surface area contributed by atoms with Crippen LogP contribution >= 0.6 is 0 Å². The van der Waals surface area contributed by atoms with Crippen molar-refractivity contribution in [1.29, 1.82) is 0 Å². The Balaban J connectivity index is 1.53. The fourth-order valence-electron chi connectivity index (χ4n) is 3.69. The first-order valence-corrected chi connectivity index (χ1v) is 8.63. The second kappa shape index (κ2) is 5.84. The van der Waals surface area contributed by atoms with Crippen LogP contribution in [0.1, 0.15) is 34.6 Å². The molecule has 25 heavy (non-hydrogen) atoms. The Hall–Kier alpha value is -2.41. The van der Waals surface area contributed by atoms with Crippen LogP contribution in [0.4, 0.5) is 0 Å². The van der Waals surface area contributed by atoms with Crippen molar-refractivity contribution in [2.45, 2.75) is 32.3 Å². The van der Waals surface area contributed by atoms with Gasteiger partial charge in [0.15, 0.2) is 0 Å². The van der Waals surface area contributed by atoms with Crippen LogP contribution < -0.4 is 5.32 Å². The van der Waals surface area contributed by atoms with E-state index in [0.29, 0.717) is 25.3 Å². The largest absolute Gasteiger partial charge is 0.363 e. The minimum Gasteiger partial charge on any atom is -0.363 e. The lowest BCUT2D eigenvalue weighted by molar-refractivity contribution is -0.149. The van der Waals surface area contributed by atoms with Crippen molar-refractivity contribution in [2.75, 3.05) is 26.2 Å². The van der Waals surface area contributed by atoms with Gasteiger partial charge in [0.1, 0.15) is 17.9 Å². The van der Waals surface area contributed by atoms with Crippen LogP contribution in [0.15, 0.2) is 18.3 Å². The Morgan fingerprint density at radius 3 is 2.76 bits per heavy atom. The van der Waals surface area contributed by atoms with Crippen LogP contribution in [0.25, 0.3) is 5.65 Å². The number of hydrogen-bond donors (Lipinski definition) is 1. The van der Waals surface area contributed by atoms with Gasteiger partial charge < -0.3 is 15.0 Å². The number of piperidine rings is 1. The van der Waals surface area contributed by atoms with Gasteiger partial charge in [0, 0.05) is 25.8 Å². The van der Waals surface area contributed by atoms with E-state index in [9.17, 15) is 9.59 Å². The van der Waals surface area contributed by atoms with E-state index in [1.807, 2.05) is 41.5 Å². The second-order valence-corrected chi connectivity index (χ2v) is 7.02. The standard InChI is InChI=1S/C18H22N4O3/c1-12-3-6-22-14(9-12)20-13(2)16(22)17(24)21-7-4-18(5-8-21)11-19-15(23)10-25-18/h3,6,9H,4-5,7-8,10-11H2,1-2H3,(H,19,23). The van der Waals surface area contributed by atoms with Crippen LogP contribution in [0.3, 0.4) is 0 Å². The van der Waals surface area contributed by atoms with E-state index < -0.39 is 0 Å². The summed E-state index contributed by atoms with van der Waals surface area (Å²) in [5, 5.41) is 2.87. The van der Waals surface area contributed by atoms with Gasteiger partial charge in [-0.3, -0.25) is 14.0 Å². The van der Waals surface area contributed by atoms with Gasteiger partial charge in [-0.25, -0.2) is 4.98 Å². The Bertz CT molecular complexity index is 837. The molecule has 0 aromatic carbocycles. The number of carbonyl (C=O) groups excluding carboxylic acids is 2. The monoisotopic (exact) mass is 342 g/mol. The first-order valence-electron chi connectivity index (χ1n) is 8.63. The topological polar surface area (TPSA) is 75.9 Å². The fourth-order valence-corrected chi connectivity index (χ4v) is 3.69. The summed E-state index contributed by atoms with van der Waals surface area (Å²) in [5.41, 5.74) is 2.97. The molecule has 4 rings (SSSR count). The number of aryl methyl sites for hydroxylation is 2. The number of ether oxygens (including phenoxy) is 1. The summed E-state index contributed by atoms with van der Waals surface area (Å²) in [6.07, 6.45) is 3.37. The molecular formula is C18H22N4O3. The molecular weight excluding hydrogens is 320 g/mol. The zero-order valence-corrected chi connectivity index (χ0v) is 14.5. The molecule has 2 aliphatic rings. The molecule has 0 bridgehead atoms. The number of imidazole rings is 1.